The molecule has 0 aliphatic rings. The summed E-state index contributed by atoms with van der Waals surface area (Å²) in [6.45, 7) is 0. The van der Waals surface area contributed by atoms with Crippen molar-refractivity contribution in [3.63, 3.8) is 0 Å². The Hall–Kier alpha value is -4.23. The average molecular weight is 530 g/mol. The van der Waals surface area contributed by atoms with Gasteiger partial charge in [0.2, 0.25) is 0 Å². The van der Waals surface area contributed by atoms with Crippen LogP contribution in [0.2, 0.25) is 5.02 Å². The molecule has 3 heterocycles. The summed E-state index contributed by atoms with van der Waals surface area (Å²) in [4.78, 5) is 26.6. The lowest BCUT2D eigenvalue weighted by Crippen LogP contribution is -2.32. The first-order valence-electron chi connectivity index (χ1n) is 10.6. The van der Waals surface area contributed by atoms with E-state index < -0.39 is 11.5 Å². The number of aromatic nitrogens is 3. The molecule has 0 unspecified atom stereocenters. The second-order valence-corrected chi connectivity index (χ2v) is 9.99. The van der Waals surface area contributed by atoms with Gasteiger partial charge in [-0.15, -0.1) is 22.7 Å². The SMILES string of the molecule is N#C/C(C(N)=O)=c1/s/c(=C\c2cn(-c3ccccc3)nc2-c2cccs2)c(=O)n1-c1ccc(Cl)cc1. The van der Waals surface area contributed by atoms with Crippen LogP contribution < -0.4 is 20.5 Å². The van der Waals surface area contributed by atoms with E-state index in [1.54, 1.807) is 35.0 Å². The number of hydrogen-bond acceptors (Lipinski definition) is 6. The molecule has 0 aliphatic heterocycles. The van der Waals surface area contributed by atoms with Gasteiger partial charge in [0, 0.05) is 16.8 Å². The van der Waals surface area contributed by atoms with E-state index in [0.717, 1.165) is 21.9 Å². The minimum Gasteiger partial charge on any atom is -0.365 e. The summed E-state index contributed by atoms with van der Waals surface area (Å²) in [5.74, 6) is -0.913. The number of nitrogens with zero attached hydrogens (tertiary/aromatic N) is 4. The van der Waals surface area contributed by atoms with Crippen LogP contribution in [0.1, 0.15) is 5.56 Å². The number of nitriles is 1. The number of carbonyl (C=O) groups excluding carboxylic acids is 1. The first-order chi connectivity index (χ1) is 17.5. The molecule has 0 bridgehead atoms. The molecule has 5 aromatic rings. The van der Waals surface area contributed by atoms with Crippen molar-refractivity contribution in [3.05, 3.63) is 108 Å². The van der Waals surface area contributed by atoms with Crippen molar-refractivity contribution in [1.29, 1.82) is 5.26 Å². The van der Waals surface area contributed by atoms with Crippen molar-refractivity contribution in [2.45, 2.75) is 0 Å². The Kier molecular flexibility index (Phi) is 6.40. The smallest absolute Gasteiger partial charge is 0.273 e. The normalized spacial score (nSPS) is 12.4. The fraction of sp³-hybridized carbons (Fsp3) is 0. The van der Waals surface area contributed by atoms with E-state index in [9.17, 15) is 14.9 Å². The number of hydrogen-bond donors (Lipinski definition) is 1. The van der Waals surface area contributed by atoms with E-state index in [-0.39, 0.29) is 10.2 Å². The molecule has 0 fully saturated rings. The van der Waals surface area contributed by atoms with Gasteiger partial charge in [-0.1, -0.05) is 35.9 Å². The zero-order chi connectivity index (χ0) is 25.2. The molecule has 10 heteroatoms. The molecule has 5 rings (SSSR count). The average Bonchev–Trinajstić information content (AvgIpc) is 3.61. The van der Waals surface area contributed by atoms with E-state index in [2.05, 4.69) is 0 Å². The summed E-state index contributed by atoms with van der Waals surface area (Å²) in [5.41, 5.74) is 7.53. The first kappa shape index (κ1) is 23.5. The highest BCUT2D eigenvalue weighted by atomic mass is 35.5. The molecule has 0 aliphatic carbocycles. The van der Waals surface area contributed by atoms with Gasteiger partial charge in [0.1, 0.15) is 16.4 Å². The lowest BCUT2D eigenvalue weighted by atomic mass is 10.2. The Morgan fingerprint density at radius 1 is 1.06 bits per heavy atom. The summed E-state index contributed by atoms with van der Waals surface area (Å²) >= 11 is 8.58. The van der Waals surface area contributed by atoms with Gasteiger partial charge in [-0.05, 0) is 53.9 Å². The van der Waals surface area contributed by atoms with Crippen LogP contribution in [0.3, 0.4) is 0 Å². The van der Waals surface area contributed by atoms with Crippen LogP contribution in [0, 0.1) is 11.3 Å². The van der Waals surface area contributed by atoms with E-state index in [0.29, 0.717) is 26.5 Å². The molecule has 176 valence electrons. The van der Waals surface area contributed by atoms with Crippen LogP contribution in [0.5, 0.6) is 0 Å². The Morgan fingerprint density at radius 2 is 1.81 bits per heavy atom. The molecule has 36 heavy (non-hydrogen) atoms. The number of primary amides is 1. The van der Waals surface area contributed by atoms with Crippen LogP contribution in [0.25, 0.3) is 33.6 Å². The minimum absolute atomic E-state index is 0.150. The minimum atomic E-state index is -0.913. The van der Waals surface area contributed by atoms with Crippen LogP contribution in [-0.4, -0.2) is 20.3 Å². The van der Waals surface area contributed by atoms with Crippen molar-refractivity contribution in [2.24, 2.45) is 5.73 Å². The lowest BCUT2D eigenvalue weighted by Gasteiger charge is -2.02. The number of thiophene rings is 1. The third-order valence-electron chi connectivity index (χ3n) is 5.28. The standard InChI is InChI=1S/C26H16ClN5O2S2/c27-17-8-10-19(11-9-17)32-25(34)22(36-26(32)20(14-28)24(29)33)13-16-15-31(18-5-2-1-3-6-18)30-23(16)21-7-4-12-35-21/h1-13,15H,(H2,29,33)/b22-13-,26-20-. The van der Waals surface area contributed by atoms with Gasteiger partial charge >= 0.3 is 0 Å². The fourth-order valence-electron chi connectivity index (χ4n) is 3.63. The molecular weight excluding hydrogens is 514 g/mol. The second kappa shape index (κ2) is 9.79. The van der Waals surface area contributed by atoms with Crippen LogP contribution in [0.15, 0.2) is 83.1 Å². The van der Waals surface area contributed by atoms with Crippen molar-refractivity contribution in [2.75, 3.05) is 0 Å². The number of amides is 1. The summed E-state index contributed by atoms with van der Waals surface area (Å²) in [5, 5.41) is 16.8. The Labute approximate surface area is 217 Å². The van der Waals surface area contributed by atoms with E-state index >= 15 is 0 Å². The van der Waals surface area contributed by atoms with Gasteiger partial charge in [0.25, 0.3) is 11.5 Å². The quantitative estimate of drug-likeness (QED) is 0.376. The van der Waals surface area contributed by atoms with Crippen LogP contribution in [-0.2, 0) is 4.79 Å². The molecule has 0 radical (unpaired) electrons. The molecule has 0 atom stereocenters. The predicted octanol–water partition coefficient (Wildman–Crippen LogP) is 3.45. The van der Waals surface area contributed by atoms with Gasteiger partial charge in [-0.25, -0.2) is 4.68 Å². The maximum absolute atomic E-state index is 13.6. The number of para-hydroxylation sites is 1. The predicted molar refractivity (Wildman–Crippen MR) is 143 cm³/mol. The van der Waals surface area contributed by atoms with Gasteiger partial charge < -0.3 is 5.73 Å². The van der Waals surface area contributed by atoms with Gasteiger partial charge in [-0.2, -0.15) is 10.4 Å². The largest absolute Gasteiger partial charge is 0.365 e. The second-order valence-electron chi connectivity index (χ2n) is 7.57. The molecule has 2 N–H and O–H groups in total. The number of thiazole rings is 1. The van der Waals surface area contributed by atoms with E-state index in [4.69, 9.17) is 22.4 Å². The lowest BCUT2D eigenvalue weighted by molar-refractivity contribution is -0.112. The Balaban J connectivity index is 1.80. The first-order valence-corrected chi connectivity index (χ1v) is 12.7. The maximum atomic E-state index is 13.6. The highest BCUT2D eigenvalue weighted by molar-refractivity contribution is 7.13. The Bertz CT molecular complexity index is 1790. The number of carbonyl (C=O) groups is 1. The van der Waals surface area contributed by atoms with E-state index in [1.807, 2.05) is 60.1 Å². The highest BCUT2D eigenvalue weighted by Crippen LogP contribution is 2.28. The van der Waals surface area contributed by atoms with Gasteiger partial charge in [-0.3, -0.25) is 14.2 Å². The molecular formula is C26H16ClN5O2S2. The van der Waals surface area contributed by atoms with Crippen LogP contribution in [0.4, 0.5) is 0 Å². The summed E-state index contributed by atoms with van der Waals surface area (Å²) in [6, 6.07) is 21.9. The number of benzene rings is 2. The van der Waals surface area contributed by atoms with E-state index in [1.165, 1.54) is 15.9 Å². The fourth-order valence-corrected chi connectivity index (χ4v) is 5.59. The molecule has 3 aromatic heterocycles. The monoisotopic (exact) mass is 529 g/mol. The number of halogens is 1. The zero-order valence-electron chi connectivity index (χ0n) is 18.5. The molecule has 1 amide bonds. The third-order valence-corrected chi connectivity index (χ3v) is 7.51. The molecule has 0 saturated heterocycles. The summed E-state index contributed by atoms with van der Waals surface area (Å²) < 4.78 is 3.53. The van der Waals surface area contributed by atoms with Gasteiger partial charge in [0.05, 0.1) is 20.8 Å². The van der Waals surface area contributed by atoms with Crippen molar-refractivity contribution in [1.82, 2.24) is 14.3 Å². The highest BCUT2D eigenvalue weighted by Gasteiger charge is 2.17. The Morgan fingerprint density at radius 3 is 2.44 bits per heavy atom. The number of rotatable bonds is 5. The van der Waals surface area contributed by atoms with Crippen molar-refractivity contribution >= 4 is 51.8 Å². The molecule has 0 saturated carbocycles. The summed E-state index contributed by atoms with van der Waals surface area (Å²) in [7, 11) is 0. The molecule has 0 spiro atoms. The molecule has 2 aromatic carbocycles. The van der Waals surface area contributed by atoms with Gasteiger partial charge in [0.15, 0.2) is 5.57 Å². The summed E-state index contributed by atoms with van der Waals surface area (Å²) in [6.07, 6.45) is 3.57. The maximum Gasteiger partial charge on any atom is 0.273 e. The molecule has 7 nitrogen and oxygen atoms in total. The number of nitrogens with two attached hydrogens (primary N) is 1. The topological polar surface area (TPSA) is 107 Å². The zero-order valence-corrected chi connectivity index (χ0v) is 20.8. The third kappa shape index (κ3) is 4.41. The van der Waals surface area contributed by atoms with Crippen molar-refractivity contribution < 1.29 is 4.79 Å². The van der Waals surface area contributed by atoms with Crippen molar-refractivity contribution in [3.8, 4) is 28.0 Å². The van der Waals surface area contributed by atoms with Crippen LogP contribution >= 0.6 is 34.3 Å².